The van der Waals surface area contributed by atoms with Gasteiger partial charge in [-0.25, -0.2) is 9.82 Å². The average molecular weight is 236 g/mol. The SMILES string of the molecule is Cc1cc(F)cc(C(NN)c2cccs2)c1. The van der Waals surface area contributed by atoms with E-state index < -0.39 is 0 Å². The summed E-state index contributed by atoms with van der Waals surface area (Å²) in [7, 11) is 0. The molecule has 0 saturated heterocycles. The van der Waals surface area contributed by atoms with Crippen LogP contribution < -0.4 is 11.3 Å². The molecule has 1 unspecified atom stereocenters. The van der Waals surface area contributed by atoms with Crippen molar-refractivity contribution in [2.45, 2.75) is 13.0 Å². The maximum absolute atomic E-state index is 13.3. The molecule has 0 aliphatic rings. The Kier molecular flexibility index (Phi) is 3.33. The van der Waals surface area contributed by atoms with Gasteiger partial charge in [0.15, 0.2) is 0 Å². The maximum atomic E-state index is 13.3. The van der Waals surface area contributed by atoms with E-state index in [0.717, 1.165) is 16.0 Å². The Labute approximate surface area is 97.9 Å². The summed E-state index contributed by atoms with van der Waals surface area (Å²) in [6.07, 6.45) is 0. The maximum Gasteiger partial charge on any atom is 0.123 e. The molecule has 1 aromatic heterocycles. The van der Waals surface area contributed by atoms with Crippen LogP contribution in [-0.2, 0) is 0 Å². The smallest absolute Gasteiger partial charge is 0.123 e. The minimum atomic E-state index is -0.230. The van der Waals surface area contributed by atoms with Gasteiger partial charge < -0.3 is 0 Å². The van der Waals surface area contributed by atoms with Crippen molar-refractivity contribution in [2.24, 2.45) is 5.84 Å². The average Bonchev–Trinajstić information content (AvgIpc) is 2.70. The molecule has 0 bridgehead atoms. The fraction of sp³-hybridized carbons (Fsp3) is 0.167. The van der Waals surface area contributed by atoms with Crippen molar-refractivity contribution in [3.63, 3.8) is 0 Å². The summed E-state index contributed by atoms with van der Waals surface area (Å²) in [6.45, 7) is 1.87. The van der Waals surface area contributed by atoms with Gasteiger partial charge in [-0.15, -0.1) is 11.3 Å². The van der Waals surface area contributed by atoms with E-state index in [1.165, 1.54) is 12.1 Å². The lowest BCUT2D eigenvalue weighted by Gasteiger charge is -2.15. The molecule has 2 nitrogen and oxygen atoms in total. The number of hydrogen-bond donors (Lipinski definition) is 2. The minimum absolute atomic E-state index is 0.144. The standard InChI is InChI=1S/C12H13FN2S/c1-8-5-9(7-10(13)6-8)12(15-14)11-3-2-4-16-11/h2-7,12,15H,14H2,1H3. The van der Waals surface area contributed by atoms with Gasteiger partial charge in [0.05, 0.1) is 6.04 Å². The fourth-order valence-corrected chi connectivity index (χ4v) is 2.54. The molecule has 0 radical (unpaired) electrons. The first kappa shape index (κ1) is 11.3. The Hall–Kier alpha value is -1.23. The van der Waals surface area contributed by atoms with Crippen molar-refractivity contribution in [3.05, 3.63) is 57.5 Å². The summed E-state index contributed by atoms with van der Waals surface area (Å²) < 4.78 is 13.3. The van der Waals surface area contributed by atoms with E-state index in [4.69, 9.17) is 5.84 Å². The molecule has 4 heteroatoms. The van der Waals surface area contributed by atoms with Gasteiger partial charge in [-0.2, -0.15) is 0 Å². The molecule has 3 N–H and O–H groups in total. The van der Waals surface area contributed by atoms with E-state index in [9.17, 15) is 4.39 Å². The molecule has 1 heterocycles. The molecule has 0 fully saturated rings. The summed E-state index contributed by atoms with van der Waals surface area (Å²) in [5, 5.41) is 1.98. The van der Waals surface area contributed by atoms with Crippen molar-refractivity contribution in [3.8, 4) is 0 Å². The molecule has 1 atom stereocenters. The molecule has 0 spiro atoms. The number of halogens is 1. The Morgan fingerprint density at radius 3 is 2.75 bits per heavy atom. The zero-order chi connectivity index (χ0) is 11.5. The molecule has 0 aliphatic carbocycles. The quantitative estimate of drug-likeness (QED) is 0.635. The molecule has 2 aromatic rings. The molecule has 0 saturated carbocycles. The molecule has 1 aromatic carbocycles. The Balaban J connectivity index is 2.41. The van der Waals surface area contributed by atoms with Crippen molar-refractivity contribution in [2.75, 3.05) is 0 Å². The third kappa shape index (κ3) is 2.29. The summed E-state index contributed by atoms with van der Waals surface area (Å²) >= 11 is 1.60. The number of benzene rings is 1. The Morgan fingerprint density at radius 1 is 1.38 bits per heavy atom. The first-order chi connectivity index (χ1) is 7.70. The minimum Gasteiger partial charge on any atom is -0.271 e. The van der Waals surface area contributed by atoms with Gasteiger partial charge >= 0.3 is 0 Å². The van der Waals surface area contributed by atoms with Crippen LogP contribution in [0.5, 0.6) is 0 Å². The third-order valence-electron chi connectivity index (χ3n) is 2.39. The summed E-state index contributed by atoms with van der Waals surface area (Å²) in [5.41, 5.74) is 4.46. The first-order valence-corrected chi connectivity index (χ1v) is 5.85. The number of aryl methyl sites for hydroxylation is 1. The van der Waals surface area contributed by atoms with Gasteiger partial charge in [-0.05, 0) is 41.6 Å². The van der Waals surface area contributed by atoms with E-state index in [-0.39, 0.29) is 11.9 Å². The van der Waals surface area contributed by atoms with Crippen molar-refractivity contribution < 1.29 is 4.39 Å². The van der Waals surface area contributed by atoms with Crippen LogP contribution >= 0.6 is 11.3 Å². The largest absolute Gasteiger partial charge is 0.271 e. The van der Waals surface area contributed by atoms with Gasteiger partial charge in [0.25, 0.3) is 0 Å². The van der Waals surface area contributed by atoms with E-state index >= 15 is 0 Å². The summed E-state index contributed by atoms with van der Waals surface area (Å²) in [6, 6.07) is 8.75. The number of hydrogen-bond acceptors (Lipinski definition) is 3. The van der Waals surface area contributed by atoms with Crippen LogP contribution in [0.3, 0.4) is 0 Å². The normalized spacial score (nSPS) is 12.7. The van der Waals surface area contributed by atoms with Gasteiger partial charge in [-0.3, -0.25) is 5.84 Å². The summed E-state index contributed by atoms with van der Waals surface area (Å²) in [4.78, 5) is 1.08. The van der Waals surface area contributed by atoms with E-state index in [1.807, 2.05) is 30.5 Å². The van der Waals surface area contributed by atoms with Crippen LogP contribution in [0.1, 0.15) is 22.0 Å². The van der Waals surface area contributed by atoms with Gasteiger partial charge in [0.2, 0.25) is 0 Å². The van der Waals surface area contributed by atoms with E-state index in [0.29, 0.717) is 0 Å². The lowest BCUT2D eigenvalue weighted by atomic mass is 10.0. The van der Waals surface area contributed by atoms with E-state index in [1.54, 1.807) is 11.3 Å². The highest BCUT2D eigenvalue weighted by Crippen LogP contribution is 2.26. The highest BCUT2D eigenvalue weighted by atomic mass is 32.1. The second-order valence-electron chi connectivity index (χ2n) is 3.68. The monoisotopic (exact) mass is 236 g/mol. The van der Waals surface area contributed by atoms with Crippen molar-refractivity contribution in [1.82, 2.24) is 5.43 Å². The number of rotatable bonds is 3. The van der Waals surface area contributed by atoms with Crippen LogP contribution in [-0.4, -0.2) is 0 Å². The predicted molar refractivity (Wildman–Crippen MR) is 64.6 cm³/mol. The zero-order valence-electron chi connectivity index (χ0n) is 8.91. The van der Waals surface area contributed by atoms with Crippen LogP contribution in [0.15, 0.2) is 35.7 Å². The Morgan fingerprint density at radius 2 is 2.19 bits per heavy atom. The van der Waals surface area contributed by atoms with Crippen LogP contribution in [0.4, 0.5) is 4.39 Å². The second-order valence-corrected chi connectivity index (χ2v) is 4.66. The van der Waals surface area contributed by atoms with E-state index in [2.05, 4.69) is 5.43 Å². The molecule has 16 heavy (non-hydrogen) atoms. The lowest BCUT2D eigenvalue weighted by Crippen LogP contribution is -2.28. The van der Waals surface area contributed by atoms with Crippen LogP contribution in [0.25, 0.3) is 0 Å². The second kappa shape index (κ2) is 4.74. The summed E-state index contributed by atoms with van der Waals surface area (Å²) in [5.74, 6) is 5.30. The van der Waals surface area contributed by atoms with Crippen LogP contribution in [0.2, 0.25) is 0 Å². The zero-order valence-corrected chi connectivity index (χ0v) is 9.72. The van der Waals surface area contributed by atoms with Gasteiger partial charge in [0.1, 0.15) is 5.82 Å². The predicted octanol–water partition coefficient (Wildman–Crippen LogP) is 2.75. The molecule has 0 aliphatic heterocycles. The lowest BCUT2D eigenvalue weighted by molar-refractivity contribution is 0.607. The molecular weight excluding hydrogens is 223 g/mol. The number of thiophene rings is 1. The first-order valence-electron chi connectivity index (χ1n) is 4.97. The molecule has 84 valence electrons. The molecule has 2 rings (SSSR count). The number of nitrogens with one attached hydrogen (secondary N) is 1. The molecular formula is C12H13FN2S. The van der Waals surface area contributed by atoms with Crippen molar-refractivity contribution in [1.29, 1.82) is 0 Å². The highest BCUT2D eigenvalue weighted by molar-refractivity contribution is 7.10. The number of nitrogens with two attached hydrogens (primary N) is 1. The molecule has 0 amide bonds. The van der Waals surface area contributed by atoms with Gasteiger partial charge in [-0.1, -0.05) is 12.1 Å². The highest BCUT2D eigenvalue weighted by Gasteiger charge is 2.14. The van der Waals surface area contributed by atoms with Crippen LogP contribution in [0, 0.1) is 12.7 Å². The fourth-order valence-electron chi connectivity index (χ4n) is 1.73. The number of hydrazine groups is 1. The third-order valence-corrected chi connectivity index (χ3v) is 3.33. The van der Waals surface area contributed by atoms with Crippen molar-refractivity contribution >= 4 is 11.3 Å². The van der Waals surface area contributed by atoms with Gasteiger partial charge in [0, 0.05) is 4.88 Å². The Bertz CT molecular complexity index is 448. The topological polar surface area (TPSA) is 38.0 Å².